The van der Waals surface area contributed by atoms with Crippen LogP contribution in [0.15, 0.2) is 58.8 Å². The van der Waals surface area contributed by atoms with Gasteiger partial charge in [0.05, 0.1) is 10.6 Å². The third-order valence-corrected chi connectivity index (χ3v) is 5.50. The molecule has 2 aromatic carbocycles. The van der Waals surface area contributed by atoms with Gasteiger partial charge in [-0.25, -0.2) is 18.5 Å². The molecule has 3 N–H and O–H groups in total. The lowest BCUT2D eigenvalue weighted by Gasteiger charge is -2.05. The van der Waals surface area contributed by atoms with Crippen LogP contribution in [-0.2, 0) is 10.0 Å². The van der Waals surface area contributed by atoms with Crippen LogP contribution in [-0.4, -0.2) is 13.4 Å². The molecule has 0 saturated carbocycles. The van der Waals surface area contributed by atoms with Crippen molar-refractivity contribution in [2.75, 3.05) is 5.32 Å². The lowest BCUT2D eigenvalue weighted by atomic mass is 10.0. The van der Waals surface area contributed by atoms with Crippen LogP contribution in [0.4, 0.5) is 10.8 Å². The van der Waals surface area contributed by atoms with E-state index in [0.29, 0.717) is 5.92 Å². The summed E-state index contributed by atoms with van der Waals surface area (Å²) in [5.41, 5.74) is 4.03. The van der Waals surface area contributed by atoms with E-state index in [1.54, 1.807) is 12.1 Å². The average molecular weight is 374 g/mol. The van der Waals surface area contributed by atoms with Crippen molar-refractivity contribution < 1.29 is 8.42 Å². The highest BCUT2D eigenvalue weighted by Crippen LogP contribution is 2.28. The van der Waals surface area contributed by atoms with Gasteiger partial charge in [0.1, 0.15) is 0 Å². The van der Waals surface area contributed by atoms with Gasteiger partial charge in [-0.15, -0.1) is 11.3 Å². The summed E-state index contributed by atoms with van der Waals surface area (Å²) in [5.74, 6) is 0.502. The molecule has 0 unspecified atom stereocenters. The first kappa shape index (κ1) is 17.6. The number of anilines is 2. The molecule has 3 rings (SSSR count). The quantitative estimate of drug-likeness (QED) is 0.697. The smallest absolute Gasteiger partial charge is 0.238 e. The summed E-state index contributed by atoms with van der Waals surface area (Å²) in [6, 6.07) is 14.7. The minimum absolute atomic E-state index is 0.0862. The van der Waals surface area contributed by atoms with Crippen molar-refractivity contribution >= 4 is 32.2 Å². The van der Waals surface area contributed by atoms with Gasteiger partial charge in [-0.3, -0.25) is 0 Å². The maximum absolute atomic E-state index is 11.3. The van der Waals surface area contributed by atoms with Crippen molar-refractivity contribution in [2.24, 2.45) is 5.14 Å². The summed E-state index contributed by atoms with van der Waals surface area (Å²) < 4.78 is 22.6. The van der Waals surface area contributed by atoms with Gasteiger partial charge >= 0.3 is 0 Å². The third kappa shape index (κ3) is 4.25. The van der Waals surface area contributed by atoms with Crippen molar-refractivity contribution in [3.8, 4) is 11.3 Å². The second-order valence-electron chi connectivity index (χ2n) is 6.01. The zero-order valence-corrected chi connectivity index (χ0v) is 15.6. The van der Waals surface area contributed by atoms with E-state index in [2.05, 4.69) is 48.4 Å². The fourth-order valence-corrected chi connectivity index (χ4v) is 3.61. The number of sulfonamides is 1. The maximum atomic E-state index is 11.3. The van der Waals surface area contributed by atoms with Crippen molar-refractivity contribution in [3.63, 3.8) is 0 Å². The monoisotopic (exact) mass is 373 g/mol. The molecule has 130 valence electrons. The Kier molecular flexibility index (Phi) is 4.89. The molecule has 0 aliphatic carbocycles. The van der Waals surface area contributed by atoms with Gasteiger partial charge in [0.2, 0.25) is 10.0 Å². The minimum Gasteiger partial charge on any atom is -0.332 e. The fraction of sp³-hybridized carbons (Fsp3) is 0.167. The lowest BCUT2D eigenvalue weighted by molar-refractivity contribution is 0.598. The predicted octanol–water partition coefficient (Wildman–Crippen LogP) is 4.32. The number of benzene rings is 2. The Balaban J connectivity index is 1.75. The molecule has 0 amide bonds. The van der Waals surface area contributed by atoms with E-state index in [1.807, 2.05) is 5.38 Å². The van der Waals surface area contributed by atoms with Crippen molar-refractivity contribution in [2.45, 2.75) is 24.7 Å². The fourth-order valence-electron chi connectivity index (χ4n) is 2.35. The van der Waals surface area contributed by atoms with Gasteiger partial charge in [-0.1, -0.05) is 38.1 Å². The van der Waals surface area contributed by atoms with E-state index >= 15 is 0 Å². The molecule has 5 nitrogen and oxygen atoms in total. The second-order valence-corrected chi connectivity index (χ2v) is 8.43. The van der Waals surface area contributed by atoms with Crippen LogP contribution in [0.25, 0.3) is 11.3 Å². The van der Waals surface area contributed by atoms with E-state index in [9.17, 15) is 8.42 Å². The van der Waals surface area contributed by atoms with Gasteiger partial charge in [0.15, 0.2) is 5.13 Å². The maximum Gasteiger partial charge on any atom is 0.238 e. The summed E-state index contributed by atoms with van der Waals surface area (Å²) >= 11 is 1.49. The normalized spacial score (nSPS) is 11.7. The van der Waals surface area contributed by atoms with Crippen molar-refractivity contribution in [1.29, 1.82) is 0 Å². The zero-order valence-electron chi connectivity index (χ0n) is 13.9. The zero-order chi connectivity index (χ0) is 18.0. The molecule has 0 saturated heterocycles. The number of primary sulfonamides is 1. The molecule has 1 aromatic heterocycles. The Morgan fingerprint density at radius 2 is 1.68 bits per heavy atom. The van der Waals surface area contributed by atoms with E-state index in [4.69, 9.17) is 5.14 Å². The molecular weight excluding hydrogens is 354 g/mol. The number of hydrogen-bond donors (Lipinski definition) is 2. The van der Waals surface area contributed by atoms with Gasteiger partial charge in [0.25, 0.3) is 0 Å². The van der Waals surface area contributed by atoms with Crippen molar-refractivity contribution in [3.05, 3.63) is 59.5 Å². The standard InChI is InChI=1S/C18H19N3O2S2/c1-12(2)13-3-5-14(6-4-13)17-11-24-18(21-17)20-15-7-9-16(10-8-15)25(19,22)23/h3-12H,1-2H3,(H,20,21)(H2,19,22,23). The lowest BCUT2D eigenvalue weighted by Crippen LogP contribution is -2.11. The molecule has 0 aliphatic heterocycles. The summed E-state index contributed by atoms with van der Waals surface area (Å²) in [6.07, 6.45) is 0. The molecule has 0 atom stereocenters. The molecule has 3 aromatic rings. The Bertz CT molecular complexity index is 960. The average Bonchev–Trinajstić information content (AvgIpc) is 3.03. The Morgan fingerprint density at radius 3 is 2.24 bits per heavy atom. The molecule has 0 radical (unpaired) electrons. The van der Waals surface area contributed by atoms with Crippen LogP contribution < -0.4 is 10.5 Å². The number of nitrogens with zero attached hydrogens (tertiary/aromatic N) is 1. The van der Waals surface area contributed by atoms with Gasteiger partial charge in [-0.2, -0.15) is 0 Å². The SMILES string of the molecule is CC(C)c1ccc(-c2csc(Nc3ccc(S(N)(=O)=O)cc3)n2)cc1. The second kappa shape index (κ2) is 6.95. The number of aromatic nitrogens is 1. The molecule has 25 heavy (non-hydrogen) atoms. The summed E-state index contributed by atoms with van der Waals surface area (Å²) in [7, 11) is -3.67. The Labute approximate surface area is 151 Å². The highest BCUT2D eigenvalue weighted by Gasteiger charge is 2.09. The number of hydrogen-bond acceptors (Lipinski definition) is 5. The molecule has 0 fully saturated rings. The van der Waals surface area contributed by atoms with Crippen LogP contribution in [0.5, 0.6) is 0 Å². The van der Waals surface area contributed by atoms with Gasteiger partial charge < -0.3 is 5.32 Å². The summed E-state index contributed by atoms with van der Waals surface area (Å²) in [6.45, 7) is 4.34. The first-order valence-electron chi connectivity index (χ1n) is 7.78. The van der Waals surface area contributed by atoms with Crippen LogP contribution in [0.1, 0.15) is 25.3 Å². The number of nitrogens with one attached hydrogen (secondary N) is 1. The first-order valence-corrected chi connectivity index (χ1v) is 10.2. The largest absolute Gasteiger partial charge is 0.332 e. The van der Waals surface area contributed by atoms with E-state index in [-0.39, 0.29) is 4.90 Å². The van der Waals surface area contributed by atoms with Crippen LogP contribution in [0.3, 0.4) is 0 Å². The minimum atomic E-state index is -3.67. The van der Waals surface area contributed by atoms with Gasteiger partial charge in [0, 0.05) is 16.6 Å². The molecular formula is C18H19N3O2S2. The van der Waals surface area contributed by atoms with E-state index < -0.39 is 10.0 Å². The predicted molar refractivity (Wildman–Crippen MR) is 103 cm³/mol. The molecule has 0 aliphatic rings. The molecule has 0 bridgehead atoms. The Hall–Kier alpha value is -2.22. The van der Waals surface area contributed by atoms with Crippen molar-refractivity contribution in [1.82, 2.24) is 4.98 Å². The van der Waals surface area contributed by atoms with E-state index in [1.165, 1.54) is 29.0 Å². The Morgan fingerprint density at radius 1 is 1.04 bits per heavy atom. The van der Waals surface area contributed by atoms with Crippen LogP contribution >= 0.6 is 11.3 Å². The summed E-state index contributed by atoms with van der Waals surface area (Å²) in [4.78, 5) is 4.67. The first-order chi connectivity index (χ1) is 11.8. The topological polar surface area (TPSA) is 85.1 Å². The number of rotatable bonds is 5. The summed E-state index contributed by atoms with van der Waals surface area (Å²) in [5, 5.41) is 11.0. The molecule has 1 heterocycles. The van der Waals surface area contributed by atoms with E-state index in [0.717, 1.165) is 22.1 Å². The van der Waals surface area contributed by atoms with Crippen LogP contribution in [0, 0.1) is 0 Å². The highest BCUT2D eigenvalue weighted by molar-refractivity contribution is 7.89. The van der Waals surface area contributed by atoms with Gasteiger partial charge in [-0.05, 0) is 35.7 Å². The number of nitrogens with two attached hydrogens (primary N) is 1. The highest BCUT2D eigenvalue weighted by atomic mass is 32.2. The molecule has 7 heteroatoms. The third-order valence-electron chi connectivity index (χ3n) is 3.81. The molecule has 0 spiro atoms. The van der Waals surface area contributed by atoms with Crippen LogP contribution in [0.2, 0.25) is 0 Å². The number of thiazole rings is 1.